The predicted molar refractivity (Wildman–Crippen MR) is 183 cm³/mol. The first kappa shape index (κ1) is 31.6. The van der Waals surface area contributed by atoms with E-state index in [0.29, 0.717) is 81.8 Å². The van der Waals surface area contributed by atoms with Crippen molar-refractivity contribution in [3.05, 3.63) is 118 Å². The number of rotatable bonds is 14. The van der Waals surface area contributed by atoms with E-state index in [4.69, 9.17) is 37.3 Å². The number of benzene rings is 4. The molecule has 0 radical (unpaired) electrons. The fourth-order valence-corrected chi connectivity index (χ4v) is 5.31. The highest BCUT2D eigenvalue weighted by atomic mass is 16.6. The van der Waals surface area contributed by atoms with Crippen molar-refractivity contribution in [1.82, 2.24) is 0 Å². The van der Waals surface area contributed by atoms with Gasteiger partial charge in [0, 0.05) is 35.4 Å². The molecule has 11 heteroatoms. The Labute approximate surface area is 285 Å². The van der Waals surface area contributed by atoms with E-state index in [-0.39, 0.29) is 36.3 Å². The fraction of sp³-hybridized carbons (Fsp3) is 0.231. The third kappa shape index (κ3) is 7.50. The molecule has 6 aromatic rings. The lowest BCUT2D eigenvalue weighted by molar-refractivity contribution is 0.0627. The van der Waals surface area contributed by atoms with Crippen LogP contribution in [0, 0.1) is 0 Å². The topological polar surface area (TPSA) is 143 Å². The number of aliphatic hydroxyl groups excluding tert-OH is 1. The average Bonchev–Trinajstić information content (AvgIpc) is 4.08. The molecule has 0 saturated carbocycles. The summed E-state index contributed by atoms with van der Waals surface area (Å²) in [4.78, 5) is 25.6. The Bertz CT molecular complexity index is 2250. The van der Waals surface area contributed by atoms with Crippen molar-refractivity contribution in [3.8, 4) is 45.6 Å². The molecule has 8 rings (SSSR count). The maximum atomic E-state index is 12.8. The summed E-state index contributed by atoms with van der Waals surface area (Å²) in [5.41, 5.74) is 1.87. The van der Waals surface area contributed by atoms with Crippen LogP contribution in [0.4, 0.5) is 0 Å². The molecule has 4 heterocycles. The molecule has 2 saturated heterocycles. The molecule has 2 fully saturated rings. The van der Waals surface area contributed by atoms with Gasteiger partial charge in [-0.15, -0.1) is 0 Å². The van der Waals surface area contributed by atoms with E-state index in [1.165, 1.54) is 12.1 Å². The molecule has 2 aliphatic heterocycles. The van der Waals surface area contributed by atoms with Gasteiger partial charge in [0.15, 0.2) is 10.9 Å². The minimum absolute atomic E-state index is 0.0285. The Morgan fingerprint density at radius 3 is 1.44 bits per heavy atom. The van der Waals surface area contributed by atoms with Gasteiger partial charge in [0.2, 0.25) is 0 Å². The Morgan fingerprint density at radius 2 is 0.960 bits per heavy atom. The summed E-state index contributed by atoms with van der Waals surface area (Å²) in [6.45, 7) is 2.29. The van der Waals surface area contributed by atoms with Crippen molar-refractivity contribution in [2.24, 2.45) is 0 Å². The van der Waals surface area contributed by atoms with Gasteiger partial charge in [-0.1, -0.05) is 0 Å². The first-order valence-corrected chi connectivity index (χ1v) is 16.2. The van der Waals surface area contributed by atoms with Crippen molar-refractivity contribution < 1.29 is 42.4 Å². The van der Waals surface area contributed by atoms with Crippen LogP contribution in [0.1, 0.15) is 0 Å². The molecule has 2 aromatic heterocycles. The molecule has 50 heavy (non-hydrogen) atoms. The maximum absolute atomic E-state index is 12.8. The smallest absolute Gasteiger partial charge is 0.193 e. The van der Waals surface area contributed by atoms with Gasteiger partial charge in [0.25, 0.3) is 0 Å². The quantitative estimate of drug-likeness (QED) is 0.144. The summed E-state index contributed by atoms with van der Waals surface area (Å²) >= 11 is 0. The fourth-order valence-electron chi connectivity index (χ4n) is 5.31. The van der Waals surface area contributed by atoms with E-state index in [2.05, 4.69) is 0 Å². The third-order valence-electron chi connectivity index (χ3n) is 8.24. The lowest BCUT2D eigenvalue weighted by Crippen LogP contribution is -2.25. The van der Waals surface area contributed by atoms with Gasteiger partial charge in [0.05, 0.1) is 24.0 Å². The molecular formula is C39H32O11. The first-order chi connectivity index (χ1) is 24.4. The van der Waals surface area contributed by atoms with Gasteiger partial charge in [-0.25, -0.2) is 0 Å². The molecule has 4 aromatic carbocycles. The minimum Gasteiger partial charge on any atom is -0.491 e. The average molecular weight is 677 g/mol. The Kier molecular flexibility index (Phi) is 8.68. The number of ether oxygens (including phenoxy) is 6. The molecular weight excluding hydrogens is 644 g/mol. The summed E-state index contributed by atoms with van der Waals surface area (Å²) in [5, 5.41) is 11.4. The lowest BCUT2D eigenvalue weighted by Gasteiger charge is -2.14. The van der Waals surface area contributed by atoms with E-state index in [0.717, 1.165) is 12.2 Å². The number of aliphatic hydroxyl groups is 1. The molecule has 3 atom stereocenters. The zero-order valence-electron chi connectivity index (χ0n) is 26.7. The van der Waals surface area contributed by atoms with Crippen LogP contribution in [-0.4, -0.2) is 63.1 Å². The maximum Gasteiger partial charge on any atom is 0.193 e. The van der Waals surface area contributed by atoms with Crippen LogP contribution in [-0.2, 0) is 9.47 Å². The van der Waals surface area contributed by atoms with Crippen LogP contribution in [0.3, 0.4) is 0 Å². The zero-order chi connectivity index (χ0) is 34.0. The van der Waals surface area contributed by atoms with Crippen LogP contribution in [0.2, 0.25) is 0 Å². The van der Waals surface area contributed by atoms with Crippen LogP contribution in [0.25, 0.3) is 44.6 Å². The third-order valence-corrected chi connectivity index (χ3v) is 8.24. The Hall–Kier alpha value is -5.62. The van der Waals surface area contributed by atoms with Crippen LogP contribution in [0.15, 0.2) is 115 Å². The molecule has 254 valence electrons. The van der Waals surface area contributed by atoms with E-state index in [9.17, 15) is 14.7 Å². The lowest BCUT2D eigenvalue weighted by atomic mass is 10.1. The molecule has 0 amide bonds. The van der Waals surface area contributed by atoms with Crippen molar-refractivity contribution in [2.45, 2.75) is 18.3 Å². The zero-order valence-corrected chi connectivity index (χ0v) is 26.7. The number of fused-ring (bicyclic) bond motifs is 2. The van der Waals surface area contributed by atoms with Gasteiger partial charge in [-0.05, 0) is 72.8 Å². The van der Waals surface area contributed by atoms with Crippen molar-refractivity contribution >= 4 is 21.9 Å². The highest BCUT2D eigenvalue weighted by molar-refractivity contribution is 5.81. The van der Waals surface area contributed by atoms with Gasteiger partial charge in [-0.2, -0.15) is 0 Å². The van der Waals surface area contributed by atoms with Gasteiger partial charge >= 0.3 is 0 Å². The molecule has 11 nitrogen and oxygen atoms in total. The van der Waals surface area contributed by atoms with E-state index < -0.39 is 6.10 Å². The highest BCUT2D eigenvalue weighted by Gasteiger charge is 2.24. The van der Waals surface area contributed by atoms with E-state index >= 15 is 0 Å². The van der Waals surface area contributed by atoms with Crippen LogP contribution >= 0.6 is 0 Å². The molecule has 0 spiro atoms. The second-order valence-electron chi connectivity index (χ2n) is 12.1. The second-order valence-corrected chi connectivity index (χ2v) is 12.1. The summed E-state index contributed by atoms with van der Waals surface area (Å²) in [6, 6.07) is 27.3. The van der Waals surface area contributed by atoms with Gasteiger partial charge < -0.3 is 42.4 Å². The molecule has 1 N–H and O–H groups in total. The summed E-state index contributed by atoms with van der Waals surface area (Å²) < 4.78 is 45.5. The molecule has 0 bridgehead atoms. The Balaban J connectivity index is 0.869. The minimum atomic E-state index is -0.947. The molecule has 3 unspecified atom stereocenters. The monoisotopic (exact) mass is 676 g/mol. The SMILES string of the molecule is O=c1cc(-c2ccc(OCC3CO3)cc2)oc2cc(OCC(O)COc3ccc(-c4cc(=O)c5ccc(OCC6CO6)cc5o4)cc3)ccc12. The second kappa shape index (κ2) is 13.7. The van der Waals surface area contributed by atoms with Crippen molar-refractivity contribution in [2.75, 3.05) is 39.6 Å². The predicted octanol–water partition coefficient (Wildman–Crippen LogP) is 5.61. The number of epoxide rings is 2. The normalized spacial score (nSPS) is 17.0. The van der Waals surface area contributed by atoms with Crippen molar-refractivity contribution in [1.29, 1.82) is 0 Å². The molecule has 2 aliphatic rings. The summed E-state index contributed by atoms with van der Waals surface area (Å²) in [6.07, 6.45) is -0.667. The first-order valence-electron chi connectivity index (χ1n) is 16.2. The highest BCUT2D eigenvalue weighted by Crippen LogP contribution is 2.29. The standard InChI is InChI=1S/C39H32O11/c40-25(17-43-26-5-1-23(2-6-26)36-16-35(42)33-12-10-29(14-39(33)50-36)46-20-31-22-48-31)18-44-28-9-11-32-34(41)15-37(49-38(32)13-28)24-3-7-27(8-4-24)45-19-30-21-47-30/h1-16,25,30-31,40H,17-22H2. The number of hydrogen-bond donors (Lipinski definition) is 1. The summed E-state index contributed by atoms with van der Waals surface area (Å²) in [7, 11) is 0. The van der Waals surface area contributed by atoms with Crippen molar-refractivity contribution in [3.63, 3.8) is 0 Å². The van der Waals surface area contributed by atoms with Crippen LogP contribution in [0.5, 0.6) is 23.0 Å². The van der Waals surface area contributed by atoms with E-state index in [1.807, 2.05) is 24.3 Å². The van der Waals surface area contributed by atoms with Gasteiger partial charge in [0.1, 0.15) is 90.4 Å². The van der Waals surface area contributed by atoms with Crippen LogP contribution < -0.4 is 29.8 Å². The van der Waals surface area contributed by atoms with E-state index in [1.54, 1.807) is 60.7 Å². The van der Waals surface area contributed by atoms with Gasteiger partial charge in [-0.3, -0.25) is 9.59 Å². The largest absolute Gasteiger partial charge is 0.491 e. The Morgan fingerprint density at radius 1 is 0.560 bits per heavy atom. The number of hydrogen-bond acceptors (Lipinski definition) is 11. The summed E-state index contributed by atoms with van der Waals surface area (Å²) in [5.74, 6) is 3.08. The molecule has 0 aliphatic carbocycles.